The molecule has 2 aromatic heterocycles. The molecular formula is C27H24ClN5. The van der Waals surface area contributed by atoms with Crippen molar-refractivity contribution in [3.63, 3.8) is 0 Å². The summed E-state index contributed by atoms with van der Waals surface area (Å²) in [4.78, 5) is 19.4. The molecule has 3 heterocycles. The second-order valence-electron chi connectivity index (χ2n) is 8.53. The molecule has 1 fully saturated rings. The maximum atomic E-state index is 6.18. The molecule has 1 saturated heterocycles. The van der Waals surface area contributed by atoms with Crippen molar-refractivity contribution in [2.24, 2.45) is 0 Å². The van der Waals surface area contributed by atoms with Crippen LogP contribution < -0.4 is 9.80 Å². The third-order valence-corrected chi connectivity index (χ3v) is 6.82. The van der Waals surface area contributed by atoms with Crippen LogP contribution in [0.4, 0.5) is 11.8 Å². The molecule has 1 aliphatic carbocycles. The number of benzene rings is 2. The molecule has 0 bridgehead atoms. The number of hydrogen-bond acceptors (Lipinski definition) is 5. The van der Waals surface area contributed by atoms with Crippen LogP contribution in [0.1, 0.15) is 11.1 Å². The van der Waals surface area contributed by atoms with E-state index >= 15 is 0 Å². The molecule has 5 nitrogen and oxygen atoms in total. The Kier molecular flexibility index (Phi) is 5.19. The third kappa shape index (κ3) is 3.83. The number of anilines is 2. The van der Waals surface area contributed by atoms with Gasteiger partial charge in [-0.3, -0.25) is 0 Å². The lowest BCUT2D eigenvalue weighted by Crippen LogP contribution is -2.47. The number of nitrogens with zero attached hydrogens (tertiary/aromatic N) is 5. The Labute approximate surface area is 198 Å². The second-order valence-corrected chi connectivity index (χ2v) is 8.96. The summed E-state index contributed by atoms with van der Waals surface area (Å²) < 4.78 is 0. The van der Waals surface area contributed by atoms with Crippen molar-refractivity contribution in [2.75, 3.05) is 36.0 Å². The van der Waals surface area contributed by atoms with Gasteiger partial charge in [0.2, 0.25) is 5.95 Å². The van der Waals surface area contributed by atoms with Gasteiger partial charge in [-0.1, -0.05) is 54.1 Å². The molecule has 1 aliphatic heterocycles. The van der Waals surface area contributed by atoms with E-state index < -0.39 is 0 Å². The van der Waals surface area contributed by atoms with Crippen LogP contribution in [-0.4, -0.2) is 41.1 Å². The largest absolute Gasteiger partial charge is 0.353 e. The number of aryl methyl sites for hydroxylation is 1. The predicted octanol–water partition coefficient (Wildman–Crippen LogP) is 5.28. The van der Waals surface area contributed by atoms with E-state index in [-0.39, 0.29) is 0 Å². The lowest BCUT2D eigenvalue weighted by atomic mass is 9.87. The molecule has 0 radical (unpaired) electrons. The van der Waals surface area contributed by atoms with Crippen molar-refractivity contribution < 1.29 is 0 Å². The smallest absolute Gasteiger partial charge is 0.226 e. The monoisotopic (exact) mass is 453 g/mol. The SMILES string of the molecule is Clc1ccc(-c2nc(N3CCN(c4ccccn4)CC3)nc3c2CCc2ccccc2-3)cc1. The summed E-state index contributed by atoms with van der Waals surface area (Å²) in [6, 6.07) is 22.7. The molecule has 2 aliphatic rings. The maximum Gasteiger partial charge on any atom is 0.226 e. The van der Waals surface area contributed by atoms with E-state index in [0.29, 0.717) is 0 Å². The van der Waals surface area contributed by atoms with Crippen molar-refractivity contribution in [2.45, 2.75) is 12.8 Å². The molecule has 0 unspecified atom stereocenters. The van der Waals surface area contributed by atoms with Crippen LogP contribution in [0.3, 0.4) is 0 Å². The quantitative estimate of drug-likeness (QED) is 0.422. The molecule has 2 aromatic carbocycles. The number of pyridine rings is 1. The highest BCUT2D eigenvalue weighted by atomic mass is 35.5. The molecule has 6 heteroatoms. The first kappa shape index (κ1) is 20.2. The van der Waals surface area contributed by atoms with Crippen molar-refractivity contribution in [3.05, 3.63) is 89.1 Å². The van der Waals surface area contributed by atoms with Gasteiger partial charge in [0, 0.05) is 54.1 Å². The highest BCUT2D eigenvalue weighted by Gasteiger charge is 2.26. The van der Waals surface area contributed by atoms with Gasteiger partial charge in [0.15, 0.2) is 0 Å². The van der Waals surface area contributed by atoms with Crippen LogP contribution in [0, 0.1) is 0 Å². The Morgan fingerprint density at radius 2 is 1.42 bits per heavy atom. The number of hydrogen-bond donors (Lipinski definition) is 0. The number of fused-ring (bicyclic) bond motifs is 3. The fourth-order valence-corrected chi connectivity index (χ4v) is 4.95. The molecular weight excluding hydrogens is 430 g/mol. The first-order valence-electron chi connectivity index (χ1n) is 11.4. The molecule has 0 saturated carbocycles. The highest BCUT2D eigenvalue weighted by Crippen LogP contribution is 2.38. The van der Waals surface area contributed by atoms with Crippen LogP contribution in [0.5, 0.6) is 0 Å². The van der Waals surface area contributed by atoms with Gasteiger partial charge in [0.05, 0.1) is 11.4 Å². The second kappa shape index (κ2) is 8.49. The molecule has 4 aromatic rings. The van der Waals surface area contributed by atoms with Crippen LogP contribution in [0.15, 0.2) is 72.9 Å². The molecule has 0 amide bonds. The molecule has 0 atom stereocenters. The van der Waals surface area contributed by atoms with Crippen LogP contribution in [0.2, 0.25) is 5.02 Å². The summed E-state index contributed by atoms with van der Waals surface area (Å²) in [7, 11) is 0. The summed E-state index contributed by atoms with van der Waals surface area (Å²) in [5.74, 6) is 1.83. The minimum Gasteiger partial charge on any atom is -0.353 e. The zero-order valence-corrected chi connectivity index (χ0v) is 19.0. The highest BCUT2D eigenvalue weighted by molar-refractivity contribution is 6.30. The zero-order chi connectivity index (χ0) is 22.2. The van der Waals surface area contributed by atoms with Crippen molar-refractivity contribution in [3.8, 4) is 22.5 Å². The Hall–Kier alpha value is -3.44. The maximum absolute atomic E-state index is 6.18. The zero-order valence-electron chi connectivity index (χ0n) is 18.3. The number of aromatic nitrogens is 3. The number of halogens is 1. The Morgan fingerprint density at radius 3 is 2.21 bits per heavy atom. The normalized spacial score (nSPS) is 15.2. The molecule has 0 N–H and O–H groups in total. The molecule has 33 heavy (non-hydrogen) atoms. The summed E-state index contributed by atoms with van der Waals surface area (Å²) in [5.41, 5.74) is 6.99. The van der Waals surface area contributed by atoms with Crippen molar-refractivity contribution in [1.82, 2.24) is 15.0 Å². The van der Waals surface area contributed by atoms with E-state index in [9.17, 15) is 0 Å². The van der Waals surface area contributed by atoms with Gasteiger partial charge in [-0.05, 0) is 42.7 Å². The van der Waals surface area contributed by atoms with Crippen LogP contribution in [-0.2, 0) is 12.8 Å². The summed E-state index contributed by atoms with van der Waals surface area (Å²) in [6.45, 7) is 3.50. The van der Waals surface area contributed by atoms with Gasteiger partial charge >= 0.3 is 0 Å². The predicted molar refractivity (Wildman–Crippen MR) is 134 cm³/mol. The first-order chi connectivity index (χ1) is 16.3. The van der Waals surface area contributed by atoms with E-state index in [0.717, 1.165) is 72.8 Å². The van der Waals surface area contributed by atoms with Crippen molar-refractivity contribution >= 4 is 23.4 Å². The fraction of sp³-hybridized carbons (Fsp3) is 0.222. The van der Waals surface area contributed by atoms with Crippen LogP contribution in [0.25, 0.3) is 22.5 Å². The van der Waals surface area contributed by atoms with Crippen LogP contribution >= 0.6 is 11.6 Å². The Morgan fingerprint density at radius 1 is 0.697 bits per heavy atom. The van der Waals surface area contributed by atoms with E-state index in [1.807, 2.05) is 30.5 Å². The summed E-state index contributed by atoms with van der Waals surface area (Å²) >= 11 is 6.18. The fourth-order valence-electron chi connectivity index (χ4n) is 4.83. The van der Waals surface area contributed by atoms with Crippen molar-refractivity contribution in [1.29, 1.82) is 0 Å². The minimum atomic E-state index is 0.734. The van der Waals surface area contributed by atoms with Gasteiger partial charge in [0.1, 0.15) is 5.82 Å². The van der Waals surface area contributed by atoms with Gasteiger partial charge in [0.25, 0.3) is 0 Å². The van der Waals surface area contributed by atoms with Gasteiger partial charge in [-0.15, -0.1) is 0 Å². The Balaban J connectivity index is 1.39. The summed E-state index contributed by atoms with van der Waals surface area (Å²) in [5, 5.41) is 0.734. The average molecular weight is 454 g/mol. The Bertz CT molecular complexity index is 1280. The van der Waals surface area contributed by atoms with Gasteiger partial charge in [-0.25, -0.2) is 15.0 Å². The van der Waals surface area contributed by atoms with E-state index in [2.05, 4.69) is 57.2 Å². The first-order valence-corrected chi connectivity index (χ1v) is 11.8. The van der Waals surface area contributed by atoms with E-state index in [1.54, 1.807) is 0 Å². The molecule has 6 rings (SSSR count). The molecule has 164 valence electrons. The lowest BCUT2D eigenvalue weighted by molar-refractivity contribution is 0.634. The van der Waals surface area contributed by atoms with Gasteiger partial charge in [-0.2, -0.15) is 0 Å². The summed E-state index contributed by atoms with van der Waals surface area (Å²) in [6.07, 6.45) is 3.80. The molecule has 0 spiro atoms. The average Bonchev–Trinajstić information content (AvgIpc) is 2.89. The van der Waals surface area contributed by atoms with Gasteiger partial charge < -0.3 is 9.80 Å². The minimum absolute atomic E-state index is 0.734. The standard InChI is InChI=1S/C27H24ClN5/c28-21-11-8-20(9-12-21)25-23-13-10-19-5-1-2-6-22(19)26(23)31-27(30-25)33-17-15-32(16-18-33)24-7-3-4-14-29-24/h1-9,11-12,14H,10,13,15-18H2. The van der Waals surface area contributed by atoms with E-state index in [1.165, 1.54) is 16.7 Å². The number of rotatable bonds is 3. The lowest BCUT2D eigenvalue weighted by Gasteiger charge is -2.36. The third-order valence-electron chi connectivity index (χ3n) is 6.57. The van der Waals surface area contributed by atoms with E-state index in [4.69, 9.17) is 21.6 Å². The number of piperazine rings is 1. The topological polar surface area (TPSA) is 45.2 Å².